The molecule has 2 unspecified atom stereocenters. The zero-order valence-corrected chi connectivity index (χ0v) is 10.3. The number of hydrogen-bond acceptors (Lipinski definition) is 4. The van der Waals surface area contributed by atoms with Crippen LogP contribution in [-0.4, -0.2) is 50.8 Å². The van der Waals surface area contributed by atoms with E-state index in [1.165, 1.54) is 0 Å². The lowest BCUT2D eigenvalue weighted by molar-refractivity contribution is 0.114. The summed E-state index contributed by atoms with van der Waals surface area (Å²) in [7, 11) is 3.77. The SMILES string of the molecule is CCNC(C#N)CCN(C)C(C)COC. The van der Waals surface area contributed by atoms with Crippen LogP contribution in [0.2, 0.25) is 0 Å². The average molecular weight is 213 g/mol. The van der Waals surface area contributed by atoms with Crippen LogP contribution in [0.3, 0.4) is 0 Å². The first-order chi connectivity index (χ1) is 7.15. The third kappa shape index (κ3) is 6.45. The molecule has 0 aliphatic carbocycles. The molecular formula is C11H23N3O. The van der Waals surface area contributed by atoms with Crippen LogP contribution in [0.4, 0.5) is 0 Å². The predicted molar refractivity (Wildman–Crippen MR) is 61.7 cm³/mol. The van der Waals surface area contributed by atoms with E-state index < -0.39 is 0 Å². The van der Waals surface area contributed by atoms with E-state index in [4.69, 9.17) is 10.00 Å². The number of ether oxygens (including phenoxy) is 1. The van der Waals surface area contributed by atoms with E-state index in [2.05, 4.69) is 30.3 Å². The summed E-state index contributed by atoms with van der Waals surface area (Å²) in [6.45, 7) is 6.62. The molecule has 0 spiro atoms. The molecule has 0 aliphatic heterocycles. The minimum Gasteiger partial charge on any atom is -0.383 e. The molecule has 0 radical (unpaired) electrons. The zero-order valence-electron chi connectivity index (χ0n) is 10.3. The maximum absolute atomic E-state index is 8.86. The second-order valence-electron chi connectivity index (χ2n) is 3.81. The van der Waals surface area contributed by atoms with Crippen LogP contribution >= 0.6 is 0 Å². The Kier molecular flexibility index (Phi) is 8.30. The molecule has 0 rings (SSSR count). The first-order valence-corrected chi connectivity index (χ1v) is 5.47. The van der Waals surface area contributed by atoms with Crippen molar-refractivity contribution in [3.05, 3.63) is 0 Å². The molecular weight excluding hydrogens is 190 g/mol. The number of hydrogen-bond donors (Lipinski definition) is 1. The maximum Gasteiger partial charge on any atom is 0.0965 e. The highest BCUT2D eigenvalue weighted by Gasteiger charge is 2.11. The first-order valence-electron chi connectivity index (χ1n) is 5.47. The second kappa shape index (κ2) is 8.66. The fraction of sp³-hybridized carbons (Fsp3) is 0.909. The second-order valence-corrected chi connectivity index (χ2v) is 3.81. The molecule has 0 fully saturated rings. The molecule has 0 aliphatic rings. The van der Waals surface area contributed by atoms with Gasteiger partial charge in [-0.25, -0.2) is 0 Å². The van der Waals surface area contributed by atoms with Crippen LogP contribution in [0, 0.1) is 11.3 Å². The van der Waals surface area contributed by atoms with Crippen molar-refractivity contribution >= 4 is 0 Å². The van der Waals surface area contributed by atoms with Crippen molar-refractivity contribution in [3.8, 4) is 6.07 Å². The van der Waals surface area contributed by atoms with Gasteiger partial charge in [0.1, 0.15) is 0 Å². The molecule has 1 N–H and O–H groups in total. The largest absolute Gasteiger partial charge is 0.383 e. The van der Waals surface area contributed by atoms with Crippen molar-refractivity contribution in [3.63, 3.8) is 0 Å². The predicted octanol–water partition coefficient (Wildman–Crippen LogP) is 0.845. The smallest absolute Gasteiger partial charge is 0.0965 e. The highest BCUT2D eigenvalue weighted by atomic mass is 16.5. The lowest BCUT2D eigenvalue weighted by Crippen LogP contribution is -2.37. The van der Waals surface area contributed by atoms with Crippen molar-refractivity contribution in [2.45, 2.75) is 32.4 Å². The Morgan fingerprint density at radius 1 is 1.53 bits per heavy atom. The summed E-state index contributed by atoms with van der Waals surface area (Å²) >= 11 is 0. The van der Waals surface area contributed by atoms with E-state index in [0.717, 1.165) is 26.1 Å². The van der Waals surface area contributed by atoms with Crippen molar-refractivity contribution < 1.29 is 4.74 Å². The van der Waals surface area contributed by atoms with Crippen LogP contribution in [0.25, 0.3) is 0 Å². The van der Waals surface area contributed by atoms with Gasteiger partial charge in [0.15, 0.2) is 0 Å². The Morgan fingerprint density at radius 2 is 2.20 bits per heavy atom. The standard InChI is InChI=1S/C11H23N3O/c1-5-13-11(8-12)6-7-14(3)10(2)9-15-4/h10-11,13H,5-7,9H2,1-4H3. The summed E-state index contributed by atoms with van der Waals surface area (Å²) in [6, 6.07) is 2.62. The third-order valence-electron chi connectivity index (χ3n) is 2.54. The Bertz CT molecular complexity index is 191. The van der Waals surface area contributed by atoms with Crippen LogP contribution in [0.5, 0.6) is 0 Å². The quantitative estimate of drug-likeness (QED) is 0.649. The number of rotatable bonds is 8. The van der Waals surface area contributed by atoms with Crippen molar-refractivity contribution in [2.75, 3.05) is 33.9 Å². The molecule has 0 aromatic heterocycles. The number of nitrogens with zero attached hydrogens (tertiary/aromatic N) is 2. The Hall–Kier alpha value is -0.630. The molecule has 0 bridgehead atoms. The Balaban J connectivity index is 3.77. The summed E-state index contributed by atoms with van der Waals surface area (Å²) in [6.07, 6.45) is 0.856. The number of methoxy groups -OCH3 is 1. The summed E-state index contributed by atoms with van der Waals surface area (Å²) in [5.74, 6) is 0. The summed E-state index contributed by atoms with van der Waals surface area (Å²) in [5.41, 5.74) is 0. The fourth-order valence-corrected chi connectivity index (χ4v) is 1.38. The number of likely N-dealkylation sites (N-methyl/N-ethyl adjacent to an activating group) is 1. The van der Waals surface area contributed by atoms with E-state index in [0.29, 0.717) is 6.04 Å². The summed E-state index contributed by atoms with van der Waals surface area (Å²) < 4.78 is 5.08. The van der Waals surface area contributed by atoms with Crippen molar-refractivity contribution in [1.29, 1.82) is 5.26 Å². The minimum atomic E-state index is -0.0350. The minimum absolute atomic E-state index is 0.0350. The van der Waals surface area contributed by atoms with Gasteiger partial charge in [-0.2, -0.15) is 5.26 Å². The zero-order chi connectivity index (χ0) is 11.7. The average Bonchev–Trinajstić information content (AvgIpc) is 2.24. The van der Waals surface area contributed by atoms with Gasteiger partial charge in [0.25, 0.3) is 0 Å². The topological polar surface area (TPSA) is 48.3 Å². The van der Waals surface area contributed by atoms with Crippen molar-refractivity contribution in [1.82, 2.24) is 10.2 Å². The van der Waals surface area contributed by atoms with Gasteiger partial charge in [-0.05, 0) is 26.9 Å². The molecule has 88 valence electrons. The molecule has 15 heavy (non-hydrogen) atoms. The molecule has 4 nitrogen and oxygen atoms in total. The molecule has 2 atom stereocenters. The van der Waals surface area contributed by atoms with E-state index in [1.807, 2.05) is 6.92 Å². The van der Waals surface area contributed by atoms with E-state index in [1.54, 1.807) is 7.11 Å². The first kappa shape index (κ1) is 14.4. The maximum atomic E-state index is 8.86. The van der Waals surface area contributed by atoms with Gasteiger partial charge in [0.2, 0.25) is 0 Å². The van der Waals surface area contributed by atoms with Crippen LogP contribution in [0.15, 0.2) is 0 Å². The lowest BCUT2D eigenvalue weighted by Gasteiger charge is -2.24. The lowest BCUT2D eigenvalue weighted by atomic mass is 10.2. The summed E-state index contributed by atoms with van der Waals surface area (Å²) in [4.78, 5) is 2.21. The van der Waals surface area contributed by atoms with Crippen LogP contribution in [0.1, 0.15) is 20.3 Å². The molecule has 0 amide bonds. The normalized spacial score (nSPS) is 14.9. The van der Waals surface area contributed by atoms with Gasteiger partial charge in [-0.1, -0.05) is 6.92 Å². The Morgan fingerprint density at radius 3 is 2.67 bits per heavy atom. The molecule has 0 saturated heterocycles. The molecule has 0 heterocycles. The number of nitrogens with one attached hydrogen (secondary N) is 1. The summed E-state index contributed by atoms with van der Waals surface area (Å²) in [5, 5.41) is 12.0. The monoisotopic (exact) mass is 213 g/mol. The van der Waals surface area contributed by atoms with Crippen LogP contribution < -0.4 is 5.32 Å². The fourth-order valence-electron chi connectivity index (χ4n) is 1.38. The molecule has 0 aromatic carbocycles. The number of nitriles is 1. The van der Waals surface area contributed by atoms with E-state index in [-0.39, 0.29) is 6.04 Å². The third-order valence-corrected chi connectivity index (χ3v) is 2.54. The molecule has 0 aromatic rings. The van der Waals surface area contributed by atoms with Gasteiger partial charge >= 0.3 is 0 Å². The highest BCUT2D eigenvalue weighted by Crippen LogP contribution is 1.99. The van der Waals surface area contributed by atoms with Gasteiger partial charge < -0.3 is 15.0 Å². The van der Waals surface area contributed by atoms with Crippen LogP contribution in [-0.2, 0) is 4.74 Å². The van der Waals surface area contributed by atoms with Gasteiger partial charge in [0.05, 0.1) is 18.7 Å². The van der Waals surface area contributed by atoms with E-state index >= 15 is 0 Å². The molecule has 0 saturated carbocycles. The molecule has 4 heteroatoms. The van der Waals surface area contributed by atoms with E-state index in [9.17, 15) is 0 Å². The van der Waals surface area contributed by atoms with Gasteiger partial charge in [-0.15, -0.1) is 0 Å². The van der Waals surface area contributed by atoms with Gasteiger partial charge in [-0.3, -0.25) is 0 Å². The Labute approximate surface area is 93.2 Å². The van der Waals surface area contributed by atoms with Gasteiger partial charge in [0, 0.05) is 19.7 Å². The highest BCUT2D eigenvalue weighted by molar-refractivity contribution is 4.89. The van der Waals surface area contributed by atoms with Crippen molar-refractivity contribution in [2.24, 2.45) is 0 Å².